The average molecular weight is 259 g/mol. The van der Waals surface area contributed by atoms with Gasteiger partial charge in [0.2, 0.25) is 11.8 Å². The molecular weight excluding hydrogens is 247 g/mol. The van der Waals surface area contributed by atoms with E-state index in [1.54, 1.807) is 6.92 Å². The zero-order chi connectivity index (χ0) is 13.6. The Hall–Kier alpha value is -1.97. The van der Waals surface area contributed by atoms with Crippen LogP contribution in [0.3, 0.4) is 0 Å². The summed E-state index contributed by atoms with van der Waals surface area (Å²) in [5.41, 5.74) is -1.05. The van der Waals surface area contributed by atoms with Gasteiger partial charge in [-0.15, -0.1) is 12.3 Å². The second-order valence-electron chi connectivity index (χ2n) is 3.25. The summed E-state index contributed by atoms with van der Waals surface area (Å²) in [7, 11) is 0. The molecular formula is C11H12F3N3O. The SMILES string of the molecule is C#CCCOc1cc(C(F)(F)F)nc(NCC)n1. The number of hydrogen-bond donors (Lipinski definition) is 1. The maximum atomic E-state index is 12.6. The van der Waals surface area contributed by atoms with E-state index < -0.39 is 11.9 Å². The van der Waals surface area contributed by atoms with Crippen LogP contribution in [-0.2, 0) is 6.18 Å². The molecule has 0 aliphatic rings. The monoisotopic (exact) mass is 259 g/mol. The summed E-state index contributed by atoms with van der Waals surface area (Å²) in [4.78, 5) is 7.15. The zero-order valence-electron chi connectivity index (χ0n) is 9.71. The van der Waals surface area contributed by atoms with Crippen molar-refractivity contribution in [1.82, 2.24) is 9.97 Å². The second-order valence-corrected chi connectivity index (χ2v) is 3.25. The number of ether oxygens (including phenoxy) is 1. The molecule has 18 heavy (non-hydrogen) atoms. The predicted octanol–water partition coefficient (Wildman–Crippen LogP) is 2.33. The van der Waals surface area contributed by atoms with E-state index in [1.165, 1.54) is 0 Å². The third-order valence-corrected chi connectivity index (χ3v) is 1.82. The van der Waals surface area contributed by atoms with Gasteiger partial charge in [0.05, 0.1) is 0 Å². The smallest absolute Gasteiger partial charge is 0.433 e. The van der Waals surface area contributed by atoms with E-state index in [1.807, 2.05) is 0 Å². The van der Waals surface area contributed by atoms with Crippen LogP contribution < -0.4 is 10.1 Å². The van der Waals surface area contributed by atoms with E-state index in [0.29, 0.717) is 13.0 Å². The third-order valence-electron chi connectivity index (χ3n) is 1.82. The lowest BCUT2D eigenvalue weighted by molar-refractivity contribution is -0.141. The standard InChI is InChI=1S/C11H12F3N3O/c1-3-5-6-18-9-7-8(11(12,13)14)16-10(17-9)15-4-2/h1,7H,4-6H2,2H3,(H,15,16,17). The first-order chi connectivity index (χ1) is 8.47. The molecule has 0 saturated heterocycles. The highest BCUT2D eigenvalue weighted by atomic mass is 19.4. The molecule has 0 aromatic carbocycles. The van der Waals surface area contributed by atoms with Crippen molar-refractivity contribution >= 4 is 5.95 Å². The Morgan fingerprint density at radius 2 is 2.17 bits per heavy atom. The summed E-state index contributed by atoms with van der Waals surface area (Å²) in [5, 5.41) is 2.61. The molecule has 0 bridgehead atoms. The van der Waals surface area contributed by atoms with Crippen LogP contribution >= 0.6 is 0 Å². The van der Waals surface area contributed by atoms with Crippen LogP contribution in [0.25, 0.3) is 0 Å². The van der Waals surface area contributed by atoms with Crippen LogP contribution in [-0.4, -0.2) is 23.1 Å². The fourth-order valence-electron chi connectivity index (χ4n) is 1.10. The Labute approximate surface area is 103 Å². The van der Waals surface area contributed by atoms with Crippen LogP contribution in [0.5, 0.6) is 5.88 Å². The molecule has 0 aliphatic heterocycles. The van der Waals surface area contributed by atoms with Gasteiger partial charge in [-0.05, 0) is 6.92 Å². The van der Waals surface area contributed by atoms with Gasteiger partial charge in [-0.1, -0.05) is 0 Å². The van der Waals surface area contributed by atoms with E-state index in [4.69, 9.17) is 11.2 Å². The van der Waals surface area contributed by atoms with Crippen molar-refractivity contribution in [3.05, 3.63) is 11.8 Å². The highest BCUT2D eigenvalue weighted by Gasteiger charge is 2.34. The van der Waals surface area contributed by atoms with E-state index in [-0.39, 0.29) is 18.4 Å². The van der Waals surface area contributed by atoms with Gasteiger partial charge in [-0.25, -0.2) is 4.98 Å². The molecule has 1 rings (SSSR count). The summed E-state index contributed by atoms with van der Waals surface area (Å²) >= 11 is 0. The molecule has 98 valence electrons. The predicted molar refractivity (Wildman–Crippen MR) is 60.1 cm³/mol. The summed E-state index contributed by atoms with van der Waals surface area (Å²) in [6, 6.07) is 0.747. The van der Waals surface area contributed by atoms with Crippen molar-refractivity contribution in [2.24, 2.45) is 0 Å². The number of nitrogens with zero attached hydrogens (tertiary/aromatic N) is 2. The van der Waals surface area contributed by atoms with Gasteiger partial charge in [0.25, 0.3) is 0 Å². The van der Waals surface area contributed by atoms with Gasteiger partial charge in [0.15, 0.2) is 5.69 Å². The Morgan fingerprint density at radius 1 is 1.44 bits per heavy atom. The lowest BCUT2D eigenvalue weighted by Gasteiger charge is -2.11. The van der Waals surface area contributed by atoms with Crippen molar-refractivity contribution < 1.29 is 17.9 Å². The molecule has 0 fully saturated rings. The maximum absolute atomic E-state index is 12.6. The number of halogens is 3. The molecule has 0 aliphatic carbocycles. The average Bonchev–Trinajstić information content (AvgIpc) is 2.28. The van der Waals surface area contributed by atoms with E-state index in [2.05, 4.69) is 21.2 Å². The van der Waals surface area contributed by atoms with Gasteiger partial charge in [-0.2, -0.15) is 18.2 Å². The summed E-state index contributed by atoms with van der Waals surface area (Å²) in [6.07, 6.45) is 0.764. The molecule has 0 amide bonds. The summed E-state index contributed by atoms with van der Waals surface area (Å²) in [6.45, 7) is 2.24. The largest absolute Gasteiger partial charge is 0.477 e. The number of anilines is 1. The first-order valence-electron chi connectivity index (χ1n) is 5.23. The minimum atomic E-state index is -4.54. The van der Waals surface area contributed by atoms with E-state index >= 15 is 0 Å². The first-order valence-corrected chi connectivity index (χ1v) is 5.23. The number of aromatic nitrogens is 2. The van der Waals surface area contributed by atoms with Crippen molar-refractivity contribution in [1.29, 1.82) is 0 Å². The van der Waals surface area contributed by atoms with Crippen molar-refractivity contribution in [3.8, 4) is 18.2 Å². The Balaban J connectivity index is 2.95. The van der Waals surface area contributed by atoms with Crippen LogP contribution in [0, 0.1) is 12.3 Å². The normalized spacial score (nSPS) is 10.8. The number of hydrogen-bond acceptors (Lipinski definition) is 4. The highest BCUT2D eigenvalue weighted by molar-refractivity contribution is 5.31. The number of rotatable bonds is 5. The van der Waals surface area contributed by atoms with Gasteiger partial charge in [0, 0.05) is 19.0 Å². The lowest BCUT2D eigenvalue weighted by Crippen LogP contribution is -2.13. The lowest BCUT2D eigenvalue weighted by atomic mass is 10.4. The second kappa shape index (κ2) is 6.10. The molecule has 7 heteroatoms. The molecule has 1 heterocycles. The quantitative estimate of drug-likeness (QED) is 0.651. The zero-order valence-corrected chi connectivity index (χ0v) is 9.71. The van der Waals surface area contributed by atoms with Gasteiger partial charge in [-0.3, -0.25) is 0 Å². The topological polar surface area (TPSA) is 47.0 Å². The van der Waals surface area contributed by atoms with E-state index in [9.17, 15) is 13.2 Å². The Bertz CT molecular complexity index is 440. The molecule has 0 atom stereocenters. The third kappa shape index (κ3) is 4.13. The van der Waals surface area contributed by atoms with Crippen molar-refractivity contribution in [3.63, 3.8) is 0 Å². The number of nitrogens with one attached hydrogen (secondary N) is 1. The fourth-order valence-corrected chi connectivity index (χ4v) is 1.10. The number of terminal acetylenes is 1. The van der Waals surface area contributed by atoms with Crippen LogP contribution in [0.15, 0.2) is 6.07 Å². The van der Waals surface area contributed by atoms with Crippen LogP contribution in [0.1, 0.15) is 19.0 Å². The molecule has 1 aromatic heterocycles. The highest BCUT2D eigenvalue weighted by Crippen LogP contribution is 2.30. The minimum Gasteiger partial charge on any atom is -0.477 e. The minimum absolute atomic E-state index is 0.108. The van der Waals surface area contributed by atoms with E-state index in [0.717, 1.165) is 6.07 Å². The Morgan fingerprint density at radius 3 is 2.72 bits per heavy atom. The van der Waals surface area contributed by atoms with Crippen LogP contribution in [0.2, 0.25) is 0 Å². The van der Waals surface area contributed by atoms with Crippen molar-refractivity contribution in [2.45, 2.75) is 19.5 Å². The molecule has 0 radical (unpaired) electrons. The molecule has 0 unspecified atom stereocenters. The molecule has 0 spiro atoms. The maximum Gasteiger partial charge on any atom is 0.433 e. The number of alkyl halides is 3. The molecule has 1 aromatic rings. The molecule has 1 N–H and O–H groups in total. The summed E-state index contributed by atoms with van der Waals surface area (Å²) < 4.78 is 42.7. The first kappa shape index (κ1) is 14.1. The van der Waals surface area contributed by atoms with Gasteiger partial charge in [0.1, 0.15) is 6.61 Å². The molecule has 0 saturated carbocycles. The Kier molecular flexibility index (Phi) is 4.77. The van der Waals surface area contributed by atoms with Gasteiger partial charge >= 0.3 is 6.18 Å². The molecule has 4 nitrogen and oxygen atoms in total. The van der Waals surface area contributed by atoms with Crippen LogP contribution in [0.4, 0.5) is 19.1 Å². The van der Waals surface area contributed by atoms with Crippen molar-refractivity contribution in [2.75, 3.05) is 18.5 Å². The summed E-state index contributed by atoms with van der Waals surface area (Å²) in [5.74, 6) is 2.04. The van der Waals surface area contributed by atoms with Gasteiger partial charge < -0.3 is 10.1 Å². The fraction of sp³-hybridized carbons (Fsp3) is 0.455.